The predicted molar refractivity (Wildman–Crippen MR) is 77.5 cm³/mol. The highest BCUT2D eigenvalue weighted by molar-refractivity contribution is 7.89. The van der Waals surface area contributed by atoms with Crippen LogP contribution in [0.2, 0.25) is 0 Å². The lowest BCUT2D eigenvalue weighted by Crippen LogP contribution is -2.44. The highest BCUT2D eigenvalue weighted by Gasteiger charge is 2.44. The van der Waals surface area contributed by atoms with Crippen LogP contribution in [-0.2, 0) is 24.3 Å². The Morgan fingerprint density at radius 2 is 2.05 bits per heavy atom. The molecule has 1 N–H and O–H groups in total. The summed E-state index contributed by atoms with van der Waals surface area (Å²) in [6, 6.07) is 5.64. The topological polar surface area (TPSA) is 93.1 Å². The minimum absolute atomic E-state index is 0.0310. The van der Waals surface area contributed by atoms with E-state index in [2.05, 4.69) is 4.74 Å². The maximum Gasteiger partial charge on any atom is 0.309 e. The highest BCUT2D eigenvalue weighted by atomic mass is 32.2. The zero-order chi connectivity index (χ0) is 16.3. The smallest absolute Gasteiger partial charge is 0.309 e. The van der Waals surface area contributed by atoms with E-state index in [-0.39, 0.29) is 24.5 Å². The van der Waals surface area contributed by atoms with Crippen molar-refractivity contribution in [1.29, 1.82) is 0 Å². The number of methoxy groups -OCH3 is 1. The van der Waals surface area contributed by atoms with Gasteiger partial charge in [0.1, 0.15) is 6.23 Å². The van der Waals surface area contributed by atoms with Gasteiger partial charge in [-0.25, -0.2) is 8.42 Å². The van der Waals surface area contributed by atoms with Gasteiger partial charge in [0.05, 0.1) is 37.7 Å². The molecule has 8 heteroatoms. The molecule has 1 aliphatic heterocycles. The number of sulfonamides is 1. The first kappa shape index (κ1) is 16.9. The standard InChI is InChI=1S/C14H19NO6S/c1-10-3-5-12(6-4-10)22(18,19)15-11(8-16)9-21-13(15)7-14(17)20-2/h3-6,11,13,16H,7-9H2,1-2H3/t11-,13-/m0/s1. The number of hydrogen-bond acceptors (Lipinski definition) is 6. The molecule has 1 heterocycles. The summed E-state index contributed by atoms with van der Waals surface area (Å²) in [6.07, 6.45) is -1.20. The molecule has 0 radical (unpaired) electrons. The summed E-state index contributed by atoms with van der Waals surface area (Å²) in [6.45, 7) is 1.50. The van der Waals surface area contributed by atoms with Gasteiger partial charge in [0, 0.05) is 0 Å². The number of rotatable bonds is 5. The third-order valence-electron chi connectivity index (χ3n) is 3.50. The van der Waals surface area contributed by atoms with Crippen molar-refractivity contribution in [3.63, 3.8) is 0 Å². The fourth-order valence-corrected chi connectivity index (χ4v) is 3.98. The molecule has 0 aliphatic carbocycles. The second kappa shape index (κ2) is 6.74. The first-order valence-corrected chi connectivity index (χ1v) is 8.23. The highest BCUT2D eigenvalue weighted by Crippen LogP contribution is 2.28. The van der Waals surface area contributed by atoms with Crippen molar-refractivity contribution in [3.8, 4) is 0 Å². The summed E-state index contributed by atoms with van der Waals surface area (Å²) < 4.78 is 36.5. The second-order valence-corrected chi connectivity index (χ2v) is 6.90. The van der Waals surface area contributed by atoms with E-state index in [1.807, 2.05) is 6.92 Å². The molecule has 2 atom stereocenters. The molecule has 0 bridgehead atoms. The molecule has 22 heavy (non-hydrogen) atoms. The Morgan fingerprint density at radius 3 is 2.59 bits per heavy atom. The van der Waals surface area contributed by atoms with Gasteiger partial charge >= 0.3 is 5.97 Å². The third kappa shape index (κ3) is 3.30. The van der Waals surface area contributed by atoms with Crippen molar-refractivity contribution >= 4 is 16.0 Å². The number of aryl methyl sites for hydroxylation is 1. The van der Waals surface area contributed by atoms with Crippen LogP contribution in [0.25, 0.3) is 0 Å². The van der Waals surface area contributed by atoms with E-state index in [1.165, 1.54) is 19.2 Å². The molecule has 2 rings (SSSR count). The minimum atomic E-state index is -3.88. The van der Waals surface area contributed by atoms with E-state index in [0.29, 0.717) is 0 Å². The van der Waals surface area contributed by atoms with Gasteiger partial charge in [-0.3, -0.25) is 4.79 Å². The van der Waals surface area contributed by atoms with Crippen molar-refractivity contribution in [2.75, 3.05) is 20.3 Å². The molecule has 0 saturated carbocycles. The molecule has 7 nitrogen and oxygen atoms in total. The van der Waals surface area contributed by atoms with Gasteiger partial charge in [-0.1, -0.05) is 17.7 Å². The summed E-state index contributed by atoms with van der Waals surface area (Å²) >= 11 is 0. The third-order valence-corrected chi connectivity index (χ3v) is 5.46. The monoisotopic (exact) mass is 329 g/mol. The molecule has 1 fully saturated rings. The fourth-order valence-electron chi connectivity index (χ4n) is 2.30. The average Bonchev–Trinajstić information content (AvgIpc) is 2.91. The summed E-state index contributed by atoms with van der Waals surface area (Å²) in [4.78, 5) is 11.5. The molecule has 0 aromatic heterocycles. The van der Waals surface area contributed by atoms with E-state index in [1.54, 1.807) is 12.1 Å². The molecule has 122 valence electrons. The van der Waals surface area contributed by atoms with Gasteiger partial charge in [0.25, 0.3) is 0 Å². The summed E-state index contributed by atoms with van der Waals surface area (Å²) in [5.41, 5.74) is 0.932. The number of carbonyl (C=O) groups is 1. The second-order valence-electron chi connectivity index (χ2n) is 5.05. The van der Waals surface area contributed by atoms with Gasteiger partial charge in [-0.2, -0.15) is 4.31 Å². The molecule has 1 saturated heterocycles. The first-order chi connectivity index (χ1) is 10.4. The molecule has 1 aliphatic rings. The van der Waals surface area contributed by atoms with E-state index < -0.39 is 28.3 Å². The van der Waals surface area contributed by atoms with E-state index in [0.717, 1.165) is 9.87 Å². The number of nitrogens with zero attached hydrogens (tertiary/aromatic N) is 1. The Kier molecular flexibility index (Phi) is 5.17. The molecule has 0 spiro atoms. The van der Waals surface area contributed by atoms with Gasteiger partial charge in [-0.05, 0) is 19.1 Å². The molecule has 1 aromatic carbocycles. The van der Waals surface area contributed by atoms with Gasteiger partial charge in [-0.15, -0.1) is 0 Å². The molecular formula is C14H19NO6S. The molecule has 0 unspecified atom stereocenters. The number of carbonyl (C=O) groups excluding carboxylic acids is 1. The minimum Gasteiger partial charge on any atom is -0.469 e. The lowest BCUT2D eigenvalue weighted by atomic mass is 10.2. The summed E-state index contributed by atoms with van der Waals surface area (Å²) in [5, 5.41) is 9.40. The Labute approximate surface area is 129 Å². The Bertz CT molecular complexity index is 627. The Hall–Kier alpha value is -1.48. The van der Waals surface area contributed by atoms with Crippen LogP contribution in [0.5, 0.6) is 0 Å². The van der Waals surface area contributed by atoms with Crippen LogP contribution in [0, 0.1) is 6.92 Å². The molecule has 1 aromatic rings. The normalized spacial score (nSPS) is 22.7. The van der Waals surface area contributed by atoms with E-state index in [9.17, 15) is 18.3 Å². The van der Waals surface area contributed by atoms with Crippen LogP contribution in [0.1, 0.15) is 12.0 Å². The van der Waals surface area contributed by atoms with Crippen molar-refractivity contribution in [3.05, 3.63) is 29.8 Å². The van der Waals surface area contributed by atoms with Gasteiger partial charge in [0.2, 0.25) is 10.0 Å². The van der Waals surface area contributed by atoms with Crippen molar-refractivity contribution < 1.29 is 27.8 Å². The fraction of sp³-hybridized carbons (Fsp3) is 0.500. The van der Waals surface area contributed by atoms with Crippen LogP contribution >= 0.6 is 0 Å². The van der Waals surface area contributed by atoms with Crippen LogP contribution in [0.4, 0.5) is 0 Å². The molecular weight excluding hydrogens is 310 g/mol. The lowest BCUT2D eigenvalue weighted by molar-refractivity contribution is -0.144. The van der Waals surface area contributed by atoms with Crippen LogP contribution in [0.15, 0.2) is 29.2 Å². The molecule has 0 amide bonds. The quantitative estimate of drug-likeness (QED) is 0.779. The number of hydrogen-bond donors (Lipinski definition) is 1. The average molecular weight is 329 g/mol. The first-order valence-electron chi connectivity index (χ1n) is 6.79. The van der Waals surface area contributed by atoms with Crippen molar-refractivity contribution in [2.24, 2.45) is 0 Å². The van der Waals surface area contributed by atoms with E-state index >= 15 is 0 Å². The summed E-state index contributed by atoms with van der Waals surface area (Å²) in [7, 11) is -2.66. The van der Waals surface area contributed by atoms with Gasteiger partial charge < -0.3 is 14.6 Å². The van der Waals surface area contributed by atoms with Crippen LogP contribution < -0.4 is 0 Å². The number of esters is 1. The lowest BCUT2D eigenvalue weighted by Gasteiger charge is -2.26. The summed E-state index contributed by atoms with van der Waals surface area (Å²) in [5.74, 6) is -0.576. The van der Waals surface area contributed by atoms with Crippen LogP contribution in [0.3, 0.4) is 0 Å². The van der Waals surface area contributed by atoms with Gasteiger partial charge in [0.15, 0.2) is 0 Å². The van der Waals surface area contributed by atoms with Crippen molar-refractivity contribution in [1.82, 2.24) is 4.31 Å². The number of aliphatic hydroxyl groups is 1. The Morgan fingerprint density at radius 1 is 1.41 bits per heavy atom. The Balaban J connectivity index is 2.34. The SMILES string of the molecule is COC(=O)C[C@@H]1OC[C@H](CO)N1S(=O)(=O)c1ccc(C)cc1. The maximum atomic E-state index is 12.8. The zero-order valence-corrected chi connectivity index (χ0v) is 13.2. The zero-order valence-electron chi connectivity index (χ0n) is 12.4. The largest absolute Gasteiger partial charge is 0.469 e. The van der Waals surface area contributed by atoms with Crippen LogP contribution in [-0.4, -0.2) is 56.4 Å². The number of aliphatic hydroxyl groups excluding tert-OH is 1. The maximum absolute atomic E-state index is 12.8. The number of ether oxygens (including phenoxy) is 2. The van der Waals surface area contributed by atoms with E-state index in [4.69, 9.17) is 4.74 Å². The van der Waals surface area contributed by atoms with Crippen molar-refractivity contribution in [2.45, 2.75) is 30.5 Å². The predicted octanol–water partition coefficient (Wildman–Crippen LogP) is 0.266. The number of benzene rings is 1.